The molecule has 0 aliphatic carbocycles. The molecule has 138 valence electrons. The molecule has 2 aromatic rings. The summed E-state index contributed by atoms with van der Waals surface area (Å²) in [5.74, 6) is 0.0327. The molecule has 7 nitrogen and oxygen atoms in total. The fraction of sp³-hybridized carbons (Fsp3) is 0.176. The number of hydrazone groups is 1. The number of nitrogens with one attached hydrogen (secondary N) is 1. The fourth-order valence-corrected chi connectivity index (χ4v) is 3.16. The molecule has 1 amide bonds. The average molecular weight is 440 g/mol. The van der Waals surface area contributed by atoms with Crippen LogP contribution < -0.4 is 14.5 Å². The summed E-state index contributed by atoms with van der Waals surface area (Å²) in [6.07, 6.45) is 2.51. The number of benzene rings is 2. The summed E-state index contributed by atoms with van der Waals surface area (Å²) in [6, 6.07) is 13.7. The van der Waals surface area contributed by atoms with Gasteiger partial charge in [-0.2, -0.15) is 5.10 Å². The Hall–Kier alpha value is -2.39. The molecule has 26 heavy (non-hydrogen) atoms. The lowest BCUT2D eigenvalue weighted by molar-refractivity contribution is -0.119. The van der Waals surface area contributed by atoms with Gasteiger partial charge in [0, 0.05) is 4.47 Å². The molecule has 0 aromatic heterocycles. The number of hydrogen-bond acceptors (Lipinski definition) is 5. The van der Waals surface area contributed by atoms with Crippen molar-refractivity contribution >= 4 is 43.8 Å². The third kappa shape index (κ3) is 5.85. The molecule has 0 spiro atoms. The molecule has 2 aromatic carbocycles. The average Bonchev–Trinajstić information content (AvgIpc) is 2.60. The monoisotopic (exact) mass is 439 g/mol. The first-order chi connectivity index (χ1) is 12.3. The van der Waals surface area contributed by atoms with Crippen molar-refractivity contribution in [3.05, 3.63) is 58.6 Å². The topological polar surface area (TPSA) is 88.1 Å². The van der Waals surface area contributed by atoms with Gasteiger partial charge in [-0.3, -0.25) is 9.10 Å². The minimum absolute atomic E-state index is 0.361. The maximum atomic E-state index is 12.1. The number of amides is 1. The van der Waals surface area contributed by atoms with Gasteiger partial charge in [0.05, 0.1) is 25.3 Å². The summed E-state index contributed by atoms with van der Waals surface area (Å²) in [5, 5.41) is 3.85. The van der Waals surface area contributed by atoms with Gasteiger partial charge in [0.1, 0.15) is 12.3 Å². The maximum absolute atomic E-state index is 12.1. The molecule has 0 saturated heterocycles. The number of anilines is 1. The van der Waals surface area contributed by atoms with Gasteiger partial charge in [0.15, 0.2) is 0 Å². The van der Waals surface area contributed by atoms with Gasteiger partial charge in [-0.05, 0) is 42.0 Å². The Balaban J connectivity index is 2.05. The summed E-state index contributed by atoms with van der Waals surface area (Å²) in [6.45, 7) is -0.386. The van der Waals surface area contributed by atoms with Crippen LogP contribution in [0, 0.1) is 0 Å². The van der Waals surface area contributed by atoms with E-state index in [1.54, 1.807) is 24.3 Å². The largest absolute Gasteiger partial charge is 0.497 e. The van der Waals surface area contributed by atoms with Crippen LogP contribution in [0.3, 0.4) is 0 Å². The van der Waals surface area contributed by atoms with Crippen molar-refractivity contribution in [3.63, 3.8) is 0 Å². The summed E-state index contributed by atoms with van der Waals surface area (Å²) in [7, 11) is -2.13. The highest BCUT2D eigenvalue weighted by molar-refractivity contribution is 9.10. The molecule has 0 saturated carbocycles. The summed E-state index contributed by atoms with van der Waals surface area (Å²) < 4.78 is 31.0. The van der Waals surface area contributed by atoms with Crippen molar-refractivity contribution < 1.29 is 17.9 Å². The normalized spacial score (nSPS) is 11.3. The fourth-order valence-electron chi connectivity index (χ4n) is 2.04. The number of nitrogens with zero attached hydrogens (tertiary/aromatic N) is 2. The zero-order valence-corrected chi connectivity index (χ0v) is 16.6. The molecule has 0 atom stereocenters. The van der Waals surface area contributed by atoms with E-state index in [2.05, 4.69) is 26.5 Å². The van der Waals surface area contributed by atoms with Crippen molar-refractivity contribution in [2.24, 2.45) is 5.10 Å². The highest BCUT2D eigenvalue weighted by atomic mass is 79.9. The molecule has 9 heteroatoms. The Bertz CT molecular complexity index is 881. The van der Waals surface area contributed by atoms with Crippen molar-refractivity contribution in [1.82, 2.24) is 5.43 Å². The van der Waals surface area contributed by atoms with E-state index in [1.165, 1.54) is 13.3 Å². The van der Waals surface area contributed by atoms with Crippen LogP contribution in [0.25, 0.3) is 0 Å². The Morgan fingerprint density at radius 3 is 2.35 bits per heavy atom. The van der Waals surface area contributed by atoms with Crippen molar-refractivity contribution in [2.45, 2.75) is 0 Å². The van der Waals surface area contributed by atoms with Crippen LogP contribution in [-0.4, -0.2) is 40.4 Å². The van der Waals surface area contributed by atoms with Crippen LogP contribution in [0.4, 0.5) is 5.69 Å². The van der Waals surface area contributed by atoms with Crippen LogP contribution in [0.5, 0.6) is 5.75 Å². The molecule has 1 N–H and O–H groups in total. The van der Waals surface area contributed by atoms with Crippen molar-refractivity contribution in [1.29, 1.82) is 0 Å². The number of carbonyl (C=O) groups excluding carboxylic acids is 1. The predicted molar refractivity (Wildman–Crippen MR) is 105 cm³/mol. The number of halogens is 1. The molecule has 0 aliphatic heterocycles. The lowest BCUT2D eigenvalue weighted by Crippen LogP contribution is -2.39. The molecule has 0 heterocycles. The van der Waals surface area contributed by atoms with Gasteiger partial charge in [0.25, 0.3) is 5.91 Å². The Morgan fingerprint density at radius 2 is 1.81 bits per heavy atom. The number of hydrogen-bond donors (Lipinski definition) is 1. The molecule has 2 rings (SSSR count). The first-order valence-electron chi connectivity index (χ1n) is 7.49. The molecular formula is C17H18BrN3O4S. The van der Waals surface area contributed by atoms with E-state index in [0.29, 0.717) is 11.4 Å². The molecule has 0 fully saturated rings. The molecule has 0 bridgehead atoms. The van der Waals surface area contributed by atoms with Gasteiger partial charge >= 0.3 is 0 Å². The number of carbonyl (C=O) groups is 1. The second-order valence-electron chi connectivity index (χ2n) is 5.31. The second-order valence-corrected chi connectivity index (χ2v) is 8.13. The second kappa shape index (κ2) is 8.81. The SMILES string of the molecule is COc1ccc(N(CC(=O)N/N=C\c2ccc(Br)cc2)S(C)(=O)=O)cc1. The number of methoxy groups -OCH3 is 1. The highest BCUT2D eigenvalue weighted by Gasteiger charge is 2.20. The first-order valence-corrected chi connectivity index (χ1v) is 10.1. The zero-order valence-electron chi connectivity index (χ0n) is 14.2. The van der Waals surface area contributed by atoms with Crippen molar-refractivity contribution in [3.8, 4) is 5.75 Å². The highest BCUT2D eigenvalue weighted by Crippen LogP contribution is 2.21. The smallest absolute Gasteiger partial charge is 0.260 e. The molecular weight excluding hydrogens is 422 g/mol. The van der Waals surface area contributed by atoms with E-state index in [0.717, 1.165) is 20.6 Å². The van der Waals surface area contributed by atoms with Crippen LogP contribution in [-0.2, 0) is 14.8 Å². The van der Waals surface area contributed by atoms with E-state index < -0.39 is 15.9 Å². The summed E-state index contributed by atoms with van der Waals surface area (Å²) in [5.41, 5.74) is 3.49. The van der Waals surface area contributed by atoms with E-state index in [4.69, 9.17) is 4.74 Å². The van der Waals surface area contributed by atoms with Gasteiger partial charge in [-0.15, -0.1) is 0 Å². The van der Waals surface area contributed by atoms with Gasteiger partial charge < -0.3 is 4.74 Å². The minimum Gasteiger partial charge on any atom is -0.497 e. The first kappa shape index (κ1) is 19.9. The Morgan fingerprint density at radius 1 is 1.19 bits per heavy atom. The summed E-state index contributed by atoms with van der Waals surface area (Å²) >= 11 is 3.33. The number of rotatable bonds is 7. The third-order valence-corrected chi connectivity index (χ3v) is 4.99. The van der Waals surface area contributed by atoms with Crippen LogP contribution in [0.1, 0.15) is 5.56 Å². The maximum Gasteiger partial charge on any atom is 0.260 e. The van der Waals surface area contributed by atoms with Crippen molar-refractivity contribution in [2.75, 3.05) is 24.2 Å². The third-order valence-electron chi connectivity index (χ3n) is 3.32. The number of ether oxygens (including phenoxy) is 1. The Labute approximate surface area is 160 Å². The zero-order chi connectivity index (χ0) is 19.2. The van der Waals surface area contributed by atoms with Gasteiger partial charge in [0.2, 0.25) is 10.0 Å². The van der Waals surface area contributed by atoms with Crippen LogP contribution in [0.15, 0.2) is 58.1 Å². The van der Waals surface area contributed by atoms with E-state index in [9.17, 15) is 13.2 Å². The van der Waals surface area contributed by atoms with E-state index in [-0.39, 0.29) is 6.54 Å². The number of sulfonamides is 1. The molecule has 0 unspecified atom stereocenters. The minimum atomic E-state index is -3.64. The van der Waals surface area contributed by atoms with Gasteiger partial charge in [-0.25, -0.2) is 13.8 Å². The van der Waals surface area contributed by atoms with E-state index >= 15 is 0 Å². The van der Waals surface area contributed by atoms with Crippen LogP contribution >= 0.6 is 15.9 Å². The Kier molecular flexibility index (Phi) is 6.76. The standard InChI is InChI=1S/C17H18BrN3O4S/c1-25-16-9-7-15(8-10-16)21(26(2,23)24)12-17(22)20-19-11-13-3-5-14(18)6-4-13/h3-11H,12H2,1-2H3,(H,20,22)/b19-11-. The lowest BCUT2D eigenvalue weighted by Gasteiger charge is -2.21. The molecule has 0 aliphatic rings. The summed E-state index contributed by atoms with van der Waals surface area (Å²) in [4.78, 5) is 12.1. The van der Waals surface area contributed by atoms with Gasteiger partial charge in [-0.1, -0.05) is 28.1 Å². The van der Waals surface area contributed by atoms with E-state index in [1.807, 2.05) is 24.3 Å². The molecule has 0 radical (unpaired) electrons. The lowest BCUT2D eigenvalue weighted by atomic mass is 10.2. The van der Waals surface area contributed by atoms with Crippen LogP contribution in [0.2, 0.25) is 0 Å². The quantitative estimate of drug-likeness (QED) is 0.529. The predicted octanol–water partition coefficient (Wildman–Crippen LogP) is 2.37.